The van der Waals surface area contributed by atoms with E-state index in [1.807, 2.05) is 18.3 Å². The topological polar surface area (TPSA) is 63.2 Å². The number of nitrogens with two attached hydrogens (primary N) is 1. The third-order valence-corrected chi connectivity index (χ3v) is 4.37. The molecule has 0 aromatic carbocycles. The largest absolute Gasteiger partial charge is 0.397 e. The molecule has 0 amide bonds. The number of nitrogens with zero attached hydrogens (tertiary/aromatic N) is 5. The van der Waals surface area contributed by atoms with E-state index in [1.54, 1.807) is 6.20 Å². The Hall–Kier alpha value is -2.08. The number of aromatic nitrogens is 3. The standard InChI is InChI=1S/C16H24N6/c1-3-22-13(2)14(10-19-22)12-20-6-8-21(9-7-20)16-5-4-15(17)11-18-16/h4-5,10-11H,3,6-9,12,17H2,1-2H3. The van der Waals surface area contributed by atoms with Crippen molar-refractivity contribution in [3.05, 3.63) is 35.8 Å². The smallest absolute Gasteiger partial charge is 0.128 e. The summed E-state index contributed by atoms with van der Waals surface area (Å²) in [5, 5.41) is 4.43. The summed E-state index contributed by atoms with van der Waals surface area (Å²) in [6, 6.07) is 3.91. The van der Waals surface area contributed by atoms with Crippen molar-refractivity contribution in [2.45, 2.75) is 26.9 Å². The van der Waals surface area contributed by atoms with E-state index in [0.717, 1.165) is 45.1 Å². The van der Waals surface area contributed by atoms with Crippen LogP contribution in [0, 0.1) is 6.92 Å². The molecule has 1 fully saturated rings. The average molecular weight is 300 g/mol. The molecule has 0 unspecified atom stereocenters. The molecule has 0 saturated carbocycles. The first-order valence-corrected chi connectivity index (χ1v) is 7.87. The van der Waals surface area contributed by atoms with E-state index in [0.29, 0.717) is 5.69 Å². The maximum atomic E-state index is 5.69. The predicted octanol–water partition coefficient (Wildman–Crippen LogP) is 1.51. The Morgan fingerprint density at radius 2 is 1.91 bits per heavy atom. The number of nitrogen functional groups attached to an aromatic ring is 1. The fraction of sp³-hybridized carbons (Fsp3) is 0.500. The maximum absolute atomic E-state index is 5.69. The minimum atomic E-state index is 0.714. The molecule has 3 rings (SSSR count). The highest BCUT2D eigenvalue weighted by molar-refractivity contribution is 5.46. The van der Waals surface area contributed by atoms with Crippen LogP contribution in [-0.2, 0) is 13.1 Å². The van der Waals surface area contributed by atoms with Crippen molar-refractivity contribution in [2.75, 3.05) is 36.8 Å². The van der Waals surface area contributed by atoms with Gasteiger partial charge in [0.25, 0.3) is 0 Å². The fourth-order valence-corrected chi connectivity index (χ4v) is 2.92. The quantitative estimate of drug-likeness (QED) is 0.927. The Balaban J connectivity index is 1.57. The van der Waals surface area contributed by atoms with Gasteiger partial charge in [0.15, 0.2) is 0 Å². The summed E-state index contributed by atoms with van der Waals surface area (Å²) in [5.74, 6) is 1.02. The molecule has 6 heteroatoms. The van der Waals surface area contributed by atoms with Crippen LogP contribution in [0.2, 0.25) is 0 Å². The van der Waals surface area contributed by atoms with Crippen LogP contribution >= 0.6 is 0 Å². The summed E-state index contributed by atoms with van der Waals surface area (Å²) >= 11 is 0. The zero-order chi connectivity index (χ0) is 15.5. The Kier molecular flexibility index (Phi) is 4.29. The lowest BCUT2D eigenvalue weighted by atomic mass is 10.2. The number of aryl methyl sites for hydroxylation is 1. The van der Waals surface area contributed by atoms with E-state index in [-0.39, 0.29) is 0 Å². The lowest BCUT2D eigenvalue weighted by Gasteiger charge is -2.35. The molecule has 2 aromatic heterocycles. The number of piperazine rings is 1. The summed E-state index contributed by atoms with van der Waals surface area (Å²) in [5.41, 5.74) is 9.03. The molecule has 0 radical (unpaired) electrons. The minimum absolute atomic E-state index is 0.714. The van der Waals surface area contributed by atoms with Crippen molar-refractivity contribution in [3.63, 3.8) is 0 Å². The van der Waals surface area contributed by atoms with Gasteiger partial charge in [-0.3, -0.25) is 9.58 Å². The molecule has 2 aromatic rings. The van der Waals surface area contributed by atoms with E-state index in [2.05, 4.69) is 38.4 Å². The zero-order valence-electron chi connectivity index (χ0n) is 13.4. The zero-order valence-corrected chi connectivity index (χ0v) is 13.4. The second-order valence-electron chi connectivity index (χ2n) is 5.78. The van der Waals surface area contributed by atoms with Gasteiger partial charge in [0, 0.05) is 50.5 Å². The molecule has 1 aliphatic rings. The Morgan fingerprint density at radius 3 is 2.50 bits per heavy atom. The average Bonchev–Trinajstić information content (AvgIpc) is 2.89. The lowest BCUT2D eigenvalue weighted by Crippen LogP contribution is -2.46. The van der Waals surface area contributed by atoms with E-state index in [9.17, 15) is 0 Å². The molecule has 1 aliphatic heterocycles. The van der Waals surface area contributed by atoms with Crippen molar-refractivity contribution < 1.29 is 0 Å². The second-order valence-corrected chi connectivity index (χ2v) is 5.78. The highest BCUT2D eigenvalue weighted by Gasteiger charge is 2.19. The Morgan fingerprint density at radius 1 is 1.14 bits per heavy atom. The van der Waals surface area contributed by atoms with E-state index in [4.69, 9.17) is 5.73 Å². The van der Waals surface area contributed by atoms with Gasteiger partial charge < -0.3 is 10.6 Å². The first-order chi connectivity index (χ1) is 10.7. The molecule has 6 nitrogen and oxygen atoms in total. The molecule has 0 aliphatic carbocycles. The third kappa shape index (κ3) is 3.06. The number of anilines is 2. The summed E-state index contributed by atoms with van der Waals surface area (Å²) in [6.07, 6.45) is 3.73. The van der Waals surface area contributed by atoms with Gasteiger partial charge in [-0.25, -0.2) is 4.98 Å². The molecule has 0 atom stereocenters. The van der Waals surface area contributed by atoms with Crippen LogP contribution in [0.25, 0.3) is 0 Å². The van der Waals surface area contributed by atoms with Gasteiger partial charge in [0.1, 0.15) is 5.82 Å². The molecular weight excluding hydrogens is 276 g/mol. The molecule has 0 bridgehead atoms. The van der Waals surface area contributed by atoms with Crippen LogP contribution in [0.4, 0.5) is 11.5 Å². The van der Waals surface area contributed by atoms with Crippen LogP contribution in [0.15, 0.2) is 24.5 Å². The molecule has 3 heterocycles. The molecular formula is C16H24N6. The van der Waals surface area contributed by atoms with Crippen LogP contribution in [0.3, 0.4) is 0 Å². The molecule has 0 spiro atoms. The summed E-state index contributed by atoms with van der Waals surface area (Å²) in [7, 11) is 0. The number of hydrogen-bond donors (Lipinski definition) is 1. The van der Waals surface area contributed by atoms with Gasteiger partial charge in [-0.05, 0) is 26.0 Å². The monoisotopic (exact) mass is 300 g/mol. The lowest BCUT2D eigenvalue weighted by molar-refractivity contribution is 0.249. The SMILES string of the molecule is CCn1ncc(CN2CCN(c3ccc(N)cn3)CC2)c1C. The van der Waals surface area contributed by atoms with Gasteiger partial charge >= 0.3 is 0 Å². The van der Waals surface area contributed by atoms with Crippen molar-refractivity contribution in [3.8, 4) is 0 Å². The maximum Gasteiger partial charge on any atom is 0.128 e. The molecule has 22 heavy (non-hydrogen) atoms. The molecule has 118 valence electrons. The molecule has 2 N–H and O–H groups in total. The normalized spacial score (nSPS) is 16.2. The van der Waals surface area contributed by atoms with E-state index >= 15 is 0 Å². The van der Waals surface area contributed by atoms with Gasteiger partial charge in [-0.2, -0.15) is 5.10 Å². The van der Waals surface area contributed by atoms with Crippen LogP contribution in [-0.4, -0.2) is 45.8 Å². The minimum Gasteiger partial charge on any atom is -0.397 e. The Labute approximate surface area is 131 Å². The fourth-order valence-electron chi connectivity index (χ4n) is 2.92. The summed E-state index contributed by atoms with van der Waals surface area (Å²) in [6.45, 7) is 10.3. The van der Waals surface area contributed by atoms with Crippen molar-refractivity contribution in [2.24, 2.45) is 0 Å². The third-order valence-electron chi connectivity index (χ3n) is 4.37. The summed E-state index contributed by atoms with van der Waals surface area (Å²) < 4.78 is 2.06. The van der Waals surface area contributed by atoms with Crippen LogP contribution < -0.4 is 10.6 Å². The number of pyridine rings is 1. The molecule has 1 saturated heterocycles. The number of hydrogen-bond acceptors (Lipinski definition) is 5. The van der Waals surface area contributed by atoms with Gasteiger partial charge in [0.2, 0.25) is 0 Å². The Bertz CT molecular complexity index is 610. The van der Waals surface area contributed by atoms with Crippen molar-refractivity contribution in [1.29, 1.82) is 0 Å². The first-order valence-electron chi connectivity index (χ1n) is 7.87. The van der Waals surface area contributed by atoms with Gasteiger partial charge in [0.05, 0.1) is 18.1 Å². The van der Waals surface area contributed by atoms with E-state index < -0.39 is 0 Å². The van der Waals surface area contributed by atoms with Gasteiger partial charge in [-0.15, -0.1) is 0 Å². The predicted molar refractivity (Wildman–Crippen MR) is 88.8 cm³/mol. The van der Waals surface area contributed by atoms with Crippen molar-refractivity contribution >= 4 is 11.5 Å². The second kappa shape index (κ2) is 6.36. The first kappa shape index (κ1) is 14.8. The van der Waals surface area contributed by atoms with Crippen molar-refractivity contribution in [1.82, 2.24) is 19.7 Å². The highest BCUT2D eigenvalue weighted by Crippen LogP contribution is 2.17. The highest BCUT2D eigenvalue weighted by atomic mass is 15.3. The van der Waals surface area contributed by atoms with Crippen LogP contribution in [0.5, 0.6) is 0 Å². The summed E-state index contributed by atoms with van der Waals surface area (Å²) in [4.78, 5) is 9.21. The van der Waals surface area contributed by atoms with Crippen LogP contribution in [0.1, 0.15) is 18.2 Å². The number of rotatable bonds is 4. The van der Waals surface area contributed by atoms with E-state index in [1.165, 1.54) is 11.3 Å². The van der Waals surface area contributed by atoms with Gasteiger partial charge in [-0.1, -0.05) is 0 Å².